The predicted octanol–water partition coefficient (Wildman–Crippen LogP) is 3.10. The van der Waals surface area contributed by atoms with Gasteiger partial charge in [0.05, 0.1) is 12.0 Å². The van der Waals surface area contributed by atoms with E-state index >= 15 is 0 Å². The van der Waals surface area contributed by atoms with Crippen LogP contribution in [0.1, 0.15) is 44.2 Å². The van der Waals surface area contributed by atoms with E-state index in [1.165, 1.54) is 5.56 Å². The molecule has 2 fully saturated rings. The summed E-state index contributed by atoms with van der Waals surface area (Å²) >= 11 is 0. The van der Waals surface area contributed by atoms with Gasteiger partial charge in [0.15, 0.2) is 0 Å². The van der Waals surface area contributed by atoms with E-state index in [1.54, 1.807) is 0 Å². The van der Waals surface area contributed by atoms with Crippen LogP contribution in [-0.2, 0) is 9.59 Å². The van der Waals surface area contributed by atoms with Gasteiger partial charge in [0.1, 0.15) is 0 Å². The van der Waals surface area contributed by atoms with Crippen LogP contribution in [0.15, 0.2) is 30.3 Å². The van der Waals surface area contributed by atoms with Gasteiger partial charge >= 0.3 is 5.97 Å². The summed E-state index contributed by atoms with van der Waals surface area (Å²) in [7, 11) is 0. The molecule has 1 N–H and O–H groups in total. The minimum atomic E-state index is -0.755. The summed E-state index contributed by atoms with van der Waals surface area (Å²) in [6.07, 6.45) is 2.87. The number of carbonyl (C=O) groups is 2. The van der Waals surface area contributed by atoms with Crippen LogP contribution in [0.4, 0.5) is 0 Å². The number of hydrogen-bond acceptors (Lipinski definition) is 2. The Labute approximate surface area is 131 Å². The van der Waals surface area contributed by atoms with E-state index in [9.17, 15) is 14.7 Å². The summed E-state index contributed by atoms with van der Waals surface area (Å²) < 4.78 is 0. The van der Waals surface area contributed by atoms with Crippen molar-refractivity contribution >= 4 is 11.9 Å². The fourth-order valence-corrected chi connectivity index (χ4v) is 3.95. The predicted molar refractivity (Wildman–Crippen MR) is 83.1 cm³/mol. The van der Waals surface area contributed by atoms with Crippen molar-refractivity contribution in [3.8, 4) is 0 Å². The number of hydrogen-bond donors (Lipinski definition) is 1. The third-order valence-corrected chi connectivity index (χ3v) is 5.16. The van der Waals surface area contributed by atoms with E-state index in [0.29, 0.717) is 18.8 Å². The highest BCUT2D eigenvalue weighted by Crippen LogP contribution is 2.41. The number of nitrogens with zero attached hydrogens (tertiary/aromatic N) is 1. The number of amides is 1. The zero-order valence-electron chi connectivity index (χ0n) is 12.9. The molecule has 0 bridgehead atoms. The number of rotatable bonds is 3. The number of aliphatic carboxylic acids is 1. The summed E-state index contributed by atoms with van der Waals surface area (Å²) in [6.45, 7) is 2.95. The van der Waals surface area contributed by atoms with Gasteiger partial charge in [-0.1, -0.05) is 43.7 Å². The van der Waals surface area contributed by atoms with E-state index in [0.717, 1.165) is 19.4 Å². The van der Waals surface area contributed by atoms with E-state index in [-0.39, 0.29) is 23.8 Å². The Bertz CT molecular complexity index is 557. The van der Waals surface area contributed by atoms with Crippen molar-refractivity contribution in [1.29, 1.82) is 0 Å². The van der Waals surface area contributed by atoms with E-state index < -0.39 is 5.97 Å². The quantitative estimate of drug-likeness (QED) is 0.933. The maximum atomic E-state index is 12.8. The fraction of sp³-hybridized carbons (Fsp3) is 0.556. The Morgan fingerprint density at radius 3 is 2.45 bits per heavy atom. The van der Waals surface area contributed by atoms with Crippen LogP contribution in [0.25, 0.3) is 0 Å². The number of carboxylic acid groups (broad SMARTS) is 1. The Kier molecular flexibility index (Phi) is 4.19. The van der Waals surface area contributed by atoms with Crippen LogP contribution < -0.4 is 0 Å². The van der Waals surface area contributed by atoms with Crippen molar-refractivity contribution < 1.29 is 14.7 Å². The van der Waals surface area contributed by atoms with Crippen molar-refractivity contribution in [2.75, 3.05) is 6.54 Å². The molecule has 3 rings (SSSR count). The molecule has 1 aliphatic heterocycles. The first kappa shape index (κ1) is 15.1. The smallest absolute Gasteiger partial charge is 0.306 e. The van der Waals surface area contributed by atoms with Gasteiger partial charge in [-0.3, -0.25) is 9.59 Å². The number of likely N-dealkylation sites (tertiary alicyclic amines) is 1. The molecule has 1 aromatic carbocycles. The van der Waals surface area contributed by atoms with Crippen LogP contribution in [0.3, 0.4) is 0 Å². The molecular weight excluding hydrogens is 278 g/mol. The van der Waals surface area contributed by atoms with Gasteiger partial charge in [0.25, 0.3) is 0 Å². The molecule has 1 aliphatic carbocycles. The molecular formula is C18H23NO3. The number of carbonyl (C=O) groups excluding carboxylic acids is 1. The molecule has 118 valence electrons. The molecule has 1 saturated carbocycles. The van der Waals surface area contributed by atoms with Gasteiger partial charge in [-0.15, -0.1) is 0 Å². The van der Waals surface area contributed by atoms with Crippen molar-refractivity contribution in [3.63, 3.8) is 0 Å². The van der Waals surface area contributed by atoms with Crippen LogP contribution in [0, 0.1) is 17.8 Å². The third kappa shape index (κ3) is 2.74. The summed E-state index contributed by atoms with van der Waals surface area (Å²) in [6, 6.07) is 10.3. The monoisotopic (exact) mass is 301 g/mol. The highest BCUT2D eigenvalue weighted by Gasteiger charge is 2.43. The second-order valence-corrected chi connectivity index (χ2v) is 6.72. The van der Waals surface area contributed by atoms with Crippen LogP contribution in [0.5, 0.6) is 0 Å². The molecule has 0 spiro atoms. The highest BCUT2D eigenvalue weighted by atomic mass is 16.4. The van der Waals surface area contributed by atoms with Crippen molar-refractivity contribution in [1.82, 2.24) is 4.90 Å². The van der Waals surface area contributed by atoms with Crippen molar-refractivity contribution in [3.05, 3.63) is 35.9 Å². The fourth-order valence-electron chi connectivity index (χ4n) is 3.95. The lowest BCUT2D eigenvalue weighted by molar-refractivity contribution is -0.152. The standard InChI is InChI=1S/C18H23NO3/c1-12-11-19(16(12)13-6-3-2-4-7-13)17(20)14-8-5-9-15(10-14)18(21)22/h2-4,6-7,12,14-16H,5,8-11H2,1H3,(H,21,22). The van der Waals surface area contributed by atoms with Crippen molar-refractivity contribution in [2.24, 2.45) is 17.8 Å². The molecule has 1 heterocycles. The van der Waals surface area contributed by atoms with Gasteiger partial charge in [-0.2, -0.15) is 0 Å². The van der Waals surface area contributed by atoms with Gasteiger partial charge in [0.2, 0.25) is 5.91 Å². The number of carboxylic acids is 1. The highest BCUT2D eigenvalue weighted by molar-refractivity contribution is 5.81. The second kappa shape index (κ2) is 6.11. The molecule has 22 heavy (non-hydrogen) atoms. The first-order chi connectivity index (χ1) is 10.6. The molecule has 1 aromatic rings. The zero-order chi connectivity index (χ0) is 15.7. The summed E-state index contributed by atoms with van der Waals surface area (Å²) in [5.41, 5.74) is 1.18. The molecule has 1 saturated heterocycles. The molecule has 4 heteroatoms. The minimum Gasteiger partial charge on any atom is -0.481 e. The topological polar surface area (TPSA) is 57.6 Å². The lowest BCUT2D eigenvalue weighted by Gasteiger charge is -2.49. The van der Waals surface area contributed by atoms with Crippen molar-refractivity contribution in [2.45, 2.75) is 38.6 Å². The van der Waals surface area contributed by atoms with Crippen LogP contribution >= 0.6 is 0 Å². The van der Waals surface area contributed by atoms with E-state index in [2.05, 4.69) is 19.1 Å². The average Bonchev–Trinajstić information content (AvgIpc) is 2.53. The SMILES string of the molecule is CC1CN(C(=O)C2CCCC(C(=O)O)C2)C1c1ccccc1. The molecule has 2 aliphatic rings. The minimum absolute atomic E-state index is 0.117. The van der Waals surface area contributed by atoms with Gasteiger partial charge in [-0.25, -0.2) is 0 Å². The second-order valence-electron chi connectivity index (χ2n) is 6.72. The molecule has 1 amide bonds. The average molecular weight is 301 g/mol. The Hall–Kier alpha value is -1.84. The normalized spacial score (nSPS) is 31.4. The Morgan fingerprint density at radius 2 is 1.82 bits per heavy atom. The lowest BCUT2D eigenvalue weighted by Crippen LogP contribution is -2.54. The van der Waals surface area contributed by atoms with Gasteiger partial charge in [0, 0.05) is 12.5 Å². The third-order valence-electron chi connectivity index (χ3n) is 5.16. The number of benzene rings is 1. The molecule has 0 radical (unpaired) electrons. The maximum absolute atomic E-state index is 12.8. The zero-order valence-corrected chi connectivity index (χ0v) is 12.9. The van der Waals surface area contributed by atoms with Crippen LogP contribution in [-0.4, -0.2) is 28.4 Å². The first-order valence-corrected chi connectivity index (χ1v) is 8.16. The lowest BCUT2D eigenvalue weighted by atomic mass is 9.78. The van der Waals surface area contributed by atoms with E-state index in [1.807, 2.05) is 23.1 Å². The van der Waals surface area contributed by atoms with Gasteiger partial charge in [-0.05, 0) is 30.7 Å². The van der Waals surface area contributed by atoms with E-state index in [4.69, 9.17) is 0 Å². The first-order valence-electron chi connectivity index (χ1n) is 8.16. The maximum Gasteiger partial charge on any atom is 0.306 e. The molecule has 4 atom stereocenters. The summed E-state index contributed by atoms with van der Waals surface area (Å²) in [4.78, 5) is 26.0. The molecule has 4 nitrogen and oxygen atoms in total. The van der Waals surface area contributed by atoms with Gasteiger partial charge < -0.3 is 10.0 Å². The summed E-state index contributed by atoms with van der Waals surface area (Å²) in [5, 5.41) is 9.19. The Morgan fingerprint density at radius 1 is 1.14 bits per heavy atom. The Balaban J connectivity index is 1.71. The largest absolute Gasteiger partial charge is 0.481 e. The molecule has 0 aromatic heterocycles. The molecule has 4 unspecified atom stereocenters. The summed E-state index contributed by atoms with van der Waals surface area (Å²) in [5.74, 6) is -0.609. The van der Waals surface area contributed by atoms with Crippen LogP contribution in [0.2, 0.25) is 0 Å².